The first kappa shape index (κ1) is 14.9. The van der Waals surface area contributed by atoms with E-state index < -0.39 is 0 Å². The zero-order valence-electron chi connectivity index (χ0n) is 11.3. The van der Waals surface area contributed by atoms with Crippen molar-refractivity contribution in [2.45, 2.75) is 26.2 Å². The summed E-state index contributed by atoms with van der Waals surface area (Å²) in [6, 6.07) is 9.39. The molecule has 5 heteroatoms. The minimum Gasteiger partial charge on any atom is -0.439 e. The smallest absolute Gasteiger partial charge is 0.223 e. The number of aryl methyl sites for hydroxylation is 1. The lowest BCUT2D eigenvalue weighted by Gasteiger charge is -2.10. The molecule has 0 aliphatic rings. The third-order valence-corrected chi connectivity index (χ3v) is 3.17. The van der Waals surface area contributed by atoms with E-state index in [0.29, 0.717) is 16.9 Å². The highest BCUT2D eigenvalue weighted by Gasteiger charge is 2.08. The summed E-state index contributed by atoms with van der Waals surface area (Å²) in [6.45, 7) is 2.18. The molecule has 106 valence electrons. The van der Waals surface area contributed by atoms with Gasteiger partial charge in [0.25, 0.3) is 0 Å². The van der Waals surface area contributed by atoms with Gasteiger partial charge in [-0.05, 0) is 40.4 Å². The first-order valence-corrected chi connectivity index (χ1v) is 7.42. The van der Waals surface area contributed by atoms with Gasteiger partial charge in [-0.2, -0.15) is 4.98 Å². The van der Waals surface area contributed by atoms with E-state index in [2.05, 4.69) is 32.8 Å². The Morgan fingerprint density at radius 3 is 2.75 bits per heavy atom. The number of hydrogen-bond donors (Lipinski definition) is 1. The van der Waals surface area contributed by atoms with Crippen molar-refractivity contribution in [1.29, 1.82) is 0 Å². The summed E-state index contributed by atoms with van der Waals surface area (Å²) >= 11 is 3.37. The summed E-state index contributed by atoms with van der Waals surface area (Å²) in [5.41, 5.74) is 0.960. The van der Waals surface area contributed by atoms with E-state index in [1.54, 1.807) is 6.07 Å². The number of para-hydroxylation sites is 1. The van der Waals surface area contributed by atoms with Crippen LogP contribution in [-0.4, -0.2) is 21.7 Å². The Labute approximate surface area is 127 Å². The van der Waals surface area contributed by atoms with E-state index in [0.717, 1.165) is 30.0 Å². The molecular formula is C15H17BrN2O2. The second-order valence-electron chi connectivity index (χ2n) is 4.38. The first-order valence-electron chi connectivity index (χ1n) is 6.63. The quantitative estimate of drug-likeness (QED) is 0.820. The Morgan fingerprint density at radius 1 is 1.20 bits per heavy atom. The standard InChI is InChI=1S/C15H17BrN2O2/c1-2-5-14-17-13(16)10-15(18-14)20-12-7-4-3-6-11(12)8-9-19/h3-4,6-7,10,19H,2,5,8-9H2,1H3. The van der Waals surface area contributed by atoms with E-state index >= 15 is 0 Å². The molecular weight excluding hydrogens is 320 g/mol. The molecule has 0 saturated carbocycles. The van der Waals surface area contributed by atoms with Crippen molar-refractivity contribution in [2.75, 3.05) is 6.61 Å². The van der Waals surface area contributed by atoms with Crippen molar-refractivity contribution in [3.05, 3.63) is 46.3 Å². The fraction of sp³-hybridized carbons (Fsp3) is 0.333. The highest BCUT2D eigenvalue weighted by atomic mass is 79.9. The molecule has 1 N–H and O–H groups in total. The van der Waals surface area contributed by atoms with Gasteiger partial charge in [-0.1, -0.05) is 25.1 Å². The third kappa shape index (κ3) is 4.02. The summed E-state index contributed by atoms with van der Waals surface area (Å²) < 4.78 is 6.55. The normalized spacial score (nSPS) is 10.6. The van der Waals surface area contributed by atoms with Crippen LogP contribution in [0.15, 0.2) is 34.9 Å². The molecule has 0 spiro atoms. The van der Waals surface area contributed by atoms with E-state index in [9.17, 15) is 0 Å². The minimum atomic E-state index is 0.0922. The first-order chi connectivity index (χ1) is 9.72. The Kier molecular flexibility index (Phi) is 5.49. The number of ether oxygens (including phenoxy) is 1. The van der Waals surface area contributed by atoms with E-state index in [1.807, 2.05) is 24.3 Å². The van der Waals surface area contributed by atoms with Crippen molar-refractivity contribution in [3.63, 3.8) is 0 Å². The second-order valence-corrected chi connectivity index (χ2v) is 5.19. The summed E-state index contributed by atoms with van der Waals surface area (Å²) in [6.07, 6.45) is 2.36. The molecule has 4 nitrogen and oxygen atoms in total. The molecule has 0 atom stereocenters. The maximum Gasteiger partial charge on any atom is 0.223 e. The van der Waals surface area contributed by atoms with Crippen molar-refractivity contribution in [1.82, 2.24) is 9.97 Å². The van der Waals surface area contributed by atoms with Crippen LogP contribution in [0.2, 0.25) is 0 Å². The molecule has 0 amide bonds. The van der Waals surface area contributed by atoms with E-state index in [-0.39, 0.29) is 6.61 Å². The van der Waals surface area contributed by atoms with Gasteiger partial charge in [0.05, 0.1) is 0 Å². The second kappa shape index (κ2) is 7.36. The number of rotatable bonds is 6. The third-order valence-electron chi connectivity index (χ3n) is 2.76. The Bertz CT molecular complexity index is 576. The summed E-state index contributed by atoms with van der Waals surface area (Å²) in [7, 11) is 0. The Morgan fingerprint density at radius 2 is 2.00 bits per heavy atom. The molecule has 0 aliphatic heterocycles. The molecule has 0 aliphatic carbocycles. The number of aromatic nitrogens is 2. The van der Waals surface area contributed by atoms with Gasteiger partial charge in [-0.25, -0.2) is 4.98 Å². The number of hydrogen-bond acceptors (Lipinski definition) is 4. The van der Waals surface area contributed by atoms with Gasteiger partial charge < -0.3 is 9.84 Å². The molecule has 20 heavy (non-hydrogen) atoms. The molecule has 0 saturated heterocycles. The molecule has 0 unspecified atom stereocenters. The Hall–Kier alpha value is -1.46. The minimum absolute atomic E-state index is 0.0922. The molecule has 2 aromatic rings. The van der Waals surface area contributed by atoms with Crippen molar-refractivity contribution < 1.29 is 9.84 Å². The van der Waals surface area contributed by atoms with Gasteiger partial charge in [0.2, 0.25) is 5.88 Å². The topological polar surface area (TPSA) is 55.2 Å². The Balaban J connectivity index is 2.25. The van der Waals surface area contributed by atoms with Gasteiger partial charge in [0, 0.05) is 19.1 Å². The maximum absolute atomic E-state index is 9.08. The highest BCUT2D eigenvalue weighted by Crippen LogP contribution is 2.26. The number of halogens is 1. The molecule has 1 heterocycles. The van der Waals surface area contributed by atoms with Crippen LogP contribution in [0.4, 0.5) is 0 Å². The van der Waals surface area contributed by atoms with Gasteiger partial charge in [0.15, 0.2) is 0 Å². The zero-order valence-corrected chi connectivity index (χ0v) is 12.9. The predicted octanol–water partition coefficient (Wildman–Crippen LogP) is 3.52. The fourth-order valence-corrected chi connectivity index (χ4v) is 2.27. The van der Waals surface area contributed by atoms with Crippen LogP contribution >= 0.6 is 15.9 Å². The lowest BCUT2D eigenvalue weighted by atomic mass is 10.1. The van der Waals surface area contributed by atoms with Crippen LogP contribution in [0.3, 0.4) is 0 Å². The lowest BCUT2D eigenvalue weighted by molar-refractivity contribution is 0.297. The van der Waals surface area contributed by atoms with Crippen molar-refractivity contribution in [3.8, 4) is 11.6 Å². The van der Waals surface area contributed by atoms with Gasteiger partial charge >= 0.3 is 0 Å². The molecule has 1 aromatic carbocycles. The average Bonchev–Trinajstić information content (AvgIpc) is 2.41. The number of aliphatic hydroxyl groups is 1. The molecule has 1 aromatic heterocycles. The van der Waals surface area contributed by atoms with E-state index in [1.165, 1.54) is 0 Å². The van der Waals surface area contributed by atoms with Gasteiger partial charge in [0.1, 0.15) is 16.2 Å². The summed E-state index contributed by atoms with van der Waals surface area (Å²) in [5.74, 6) is 1.99. The maximum atomic E-state index is 9.08. The number of benzene rings is 1. The average molecular weight is 337 g/mol. The molecule has 2 rings (SSSR count). The molecule has 0 fully saturated rings. The van der Waals surface area contributed by atoms with Crippen molar-refractivity contribution in [2.24, 2.45) is 0 Å². The van der Waals surface area contributed by atoms with Crippen molar-refractivity contribution >= 4 is 15.9 Å². The fourth-order valence-electron chi connectivity index (χ4n) is 1.87. The SMILES string of the molecule is CCCc1nc(Br)cc(Oc2ccccc2CCO)n1. The van der Waals surface area contributed by atoms with Crippen LogP contribution in [-0.2, 0) is 12.8 Å². The monoisotopic (exact) mass is 336 g/mol. The molecule has 0 radical (unpaired) electrons. The lowest BCUT2D eigenvalue weighted by Crippen LogP contribution is -2.00. The summed E-state index contributed by atoms with van der Waals surface area (Å²) in [4.78, 5) is 8.70. The summed E-state index contributed by atoms with van der Waals surface area (Å²) in [5, 5.41) is 9.08. The highest BCUT2D eigenvalue weighted by molar-refractivity contribution is 9.10. The molecule has 0 bridgehead atoms. The zero-order chi connectivity index (χ0) is 14.4. The van der Waals surface area contributed by atoms with Gasteiger partial charge in [-0.15, -0.1) is 0 Å². The van der Waals surface area contributed by atoms with Crippen LogP contribution < -0.4 is 4.74 Å². The number of nitrogens with zero attached hydrogens (tertiary/aromatic N) is 2. The van der Waals surface area contributed by atoms with E-state index in [4.69, 9.17) is 9.84 Å². The van der Waals surface area contributed by atoms with Crippen LogP contribution in [0.1, 0.15) is 24.7 Å². The number of aliphatic hydroxyl groups excluding tert-OH is 1. The van der Waals surface area contributed by atoms with Gasteiger partial charge in [-0.3, -0.25) is 0 Å². The van der Waals surface area contributed by atoms with Crippen LogP contribution in [0.25, 0.3) is 0 Å². The largest absolute Gasteiger partial charge is 0.439 e. The predicted molar refractivity (Wildman–Crippen MR) is 81.0 cm³/mol. The van der Waals surface area contributed by atoms with Crippen LogP contribution in [0, 0.1) is 0 Å². The van der Waals surface area contributed by atoms with Crippen LogP contribution in [0.5, 0.6) is 11.6 Å².